The molecular formula is C18H16N4O5. The Hall–Kier alpha value is -3.88. The Labute approximate surface area is 152 Å². The van der Waals surface area contributed by atoms with Gasteiger partial charge < -0.3 is 20.0 Å². The van der Waals surface area contributed by atoms with Crippen LogP contribution in [0.25, 0.3) is 0 Å². The zero-order valence-electron chi connectivity index (χ0n) is 14.3. The Morgan fingerprint density at radius 1 is 1.07 bits per heavy atom. The molecule has 2 amide bonds. The van der Waals surface area contributed by atoms with E-state index >= 15 is 0 Å². The summed E-state index contributed by atoms with van der Waals surface area (Å²) < 4.78 is 6.02. The number of carbonyl (C=O) groups is 2. The molecule has 0 aliphatic heterocycles. The third-order valence-electron chi connectivity index (χ3n) is 3.66. The van der Waals surface area contributed by atoms with E-state index in [9.17, 15) is 19.2 Å². The molecule has 27 heavy (non-hydrogen) atoms. The lowest BCUT2D eigenvalue weighted by atomic mass is 10.2. The van der Waals surface area contributed by atoms with Crippen LogP contribution in [0.15, 0.2) is 62.9 Å². The molecule has 3 rings (SSSR count). The fourth-order valence-corrected chi connectivity index (χ4v) is 2.41. The van der Waals surface area contributed by atoms with Crippen LogP contribution >= 0.6 is 0 Å². The molecule has 138 valence electrons. The number of hydrogen-bond donors (Lipinski definition) is 3. The average molecular weight is 368 g/mol. The van der Waals surface area contributed by atoms with Crippen molar-refractivity contribution in [3.63, 3.8) is 0 Å². The molecule has 0 aliphatic rings. The van der Waals surface area contributed by atoms with E-state index in [4.69, 9.17) is 4.42 Å². The zero-order valence-corrected chi connectivity index (χ0v) is 14.3. The Morgan fingerprint density at radius 2 is 1.74 bits per heavy atom. The molecule has 0 unspecified atom stereocenters. The van der Waals surface area contributed by atoms with Gasteiger partial charge in [0.1, 0.15) is 11.3 Å². The van der Waals surface area contributed by atoms with Crippen molar-refractivity contribution in [3.8, 4) is 0 Å². The minimum atomic E-state index is -0.734. The van der Waals surface area contributed by atoms with E-state index in [1.54, 1.807) is 36.4 Å². The van der Waals surface area contributed by atoms with E-state index in [0.717, 1.165) is 10.8 Å². The van der Waals surface area contributed by atoms with Crippen molar-refractivity contribution in [1.29, 1.82) is 0 Å². The van der Waals surface area contributed by atoms with E-state index in [-0.39, 0.29) is 18.0 Å². The molecule has 0 aliphatic carbocycles. The van der Waals surface area contributed by atoms with Crippen LogP contribution in [0.1, 0.15) is 23.0 Å². The summed E-state index contributed by atoms with van der Waals surface area (Å²) in [7, 11) is 0. The van der Waals surface area contributed by atoms with E-state index in [0.29, 0.717) is 17.1 Å². The van der Waals surface area contributed by atoms with Gasteiger partial charge in [-0.1, -0.05) is 0 Å². The number of carbonyl (C=O) groups excluding carboxylic acids is 2. The lowest BCUT2D eigenvalue weighted by Gasteiger charge is -2.08. The summed E-state index contributed by atoms with van der Waals surface area (Å²) in [5.74, 6) is -0.470. The number of benzene rings is 1. The number of furan rings is 1. The standard InChI is InChI=1S/C18H16N4O5/c1-11(23)20-12-4-6-13(7-5-12)21-16(24)15-9-19-18(26)22(17(15)25)10-14-3-2-8-27-14/h2-9H,10H2,1H3,(H,19,26)(H,20,23)(H,21,24). The summed E-state index contributed by atoms with van der Waals surface area (Å²) in [5.41, 5.74) is -0.593. The van der Waals surface area contributed by atoms with Crippen molar-refractivity contribution in [2.75, 3.05) is 10.6 Å². The summed E-state index contributed by atoms with van der Waals surface area (Å²) in [5, 5.41) is 5.18. The summed E-state index contributed by atoms with van der Waals surface area (Å²) >= 11 is 0. The van der Waals surface area contributed by atoms with Gasteiger partial charge in [-0.15, -0.1) is 0 Å². The van der Waals surface area contributed by atoms with Crippen molar-refractivity contribution in [2.45, 2.75) is 13.5 Å². The Balaban J connectivity index is 1.81. The van der Waals surface area contributed by atoms with Crippen molar-refractivity contribution < 1.29 is 14.0 Å². The van der Waals surface area contributed by atoms with Gasteiger partial charge in [0.05, 0.1) is 12.8 Å². The first kappa shape index (κ1) is 17.9. The predicted molar refractivity (Wildman–Crippen MR) is 97.8 cm³/mol. The van der Waals surface area contributed by atoms with Crippen LogP contribution in [0.4, 0.5) is 11.4 Å². The van der Waals surface area contributed by atoms with Gasteiger partial charge in [-0.3, -0.25) is 19.0 Å². The number of amides is 2. The number of hydrogen-bond acceptors (Lipinski definition) is 5. The molecule has 3 aromatic rings. The summed E-state index contributed by atoms with van der Waals surface area (Å²) in [4.78, 5) is 50.3. The number of aromatic amines is 1. The van der Waals surface area contributed by atoms with Gasteiger partial charge in [0.25, 0.3) is 11.5 Å². The Bertz CT molecular complexity index is 1080. The molecule has 2 aromatic heterocycles. The smallest absolute Gasteiger partial charge is 0.328 e. The molecule has 0 radical (unpaired) electrons. The van der Waals surface area contributed by atoms with Crippen molar-refractivity contribution in [1.82, 2.24) is 9.55 Å². The lowest BCUT2D eigenvalue weighted by molar-refractivity contribution is -0.114. The maximum atomic E-state index is 12.5. The first-order chi connectivity index (χ1) is 12.9. The summed E-state index contributed by atoms with van der Waals surface area (Å²) in [6.45, 7) is 1.30. The van der Waals surface area contributed by atoms with Gasteiger partial charge >= 0.3 is 5.69 Å². The normalized spacial score (nSPS) is 10.4. The molecule has 0 saturated heterocycles. The zero-order chi connectivity index (χ0) is 19.4. The number of nitrogens with zero attached hydrogens (tertiary/aromatic N) is 1. The second-order valence-corrected chi connectivity index (χ2v) is 5.69. The Morgan fingerprint density at radius 3 is 2.33 bits per heavy atom. The van der Waals surface area contributed by atoms with Gasteiger partial charge in [0.2, 0.25) is 5.91 Å². The van der Waals surface area contributed by atoms with Crippen LogP contribution in [0.2, 0.25) is 0 Å². The SMILES string of the molecule is CC(=O)Nc1ccc(NC(=O)c2c[nH]c(=O)n(Cc3ccco3)c2=O)cc1. The second-order valence-electron chi connectivity index (χ2n) is 5.69. The number of rotatable bonds is 5. The highest BCUT2D eigenvalue weighted by Gasteiger charge is 2.16. The fourth-order valence-electron chi connectivity index (χ4n) is 2.41. The van der Waals surface area contributed by atoms with Crippen LogP contribution < -0.4 is 21.9 Å². The molecule has 0 spiro atoms. The molecule has 0 atom stereocenters. The van der Waals surface area contributed by atoms with Gasteiger partial charge in [-0.25, -0.2) is 4.79 Å². The van der Waals surface area contributed by atoms with Gasteiger partial charge in [0.15, 0.2) is 0 Å². The maximum absolute atomic E-state index is 12.5. The summed E-state index contributed by atoms with van der Waals surface area (Å²) in [6.07, 6.45) is 2.50. The molecule has 2 heterocycles. The van der Waals surface area contributed by atoms with Crippen molar-refractivity contribution in [3.05, 3.63) is 81.0 Å². The molecule has 0 saturated carbocycles. The Kier molecular flexibility index (Phi) is 5.02. The second kappa shape index (κ2) is 7.56. The third kappa shape index (κ3) is 4.21. The molecule has 9 nitrogen and oxygen atoms in total. The van der Waals surface area contributed by atoms with Crippen LogP contribution in [0.3, 0.4) is 0 Å². The first-order valence-corrected chi connectivity index (χ1v) is 7.98. The molecule has 0 fully saturated rings. The van der Waals surface area contributed by atoms with Crippen molar-refractivity contribution in [2.24, 2.45) is 0 Å². The molecule has 9 heteroatoms. The van der Waals surface area contributed by atoms with Crippen LogP contribution in [-0.4, -0.2) is 21.4 Å². The monoisotopic (exact) mass is 368 g/mol. The van der Waals surface area contributed by atoms with E-state index < -0.39 is 17.2 Å². The first-order valence-electron chi connectivity index (χ1n) is 7.98. The number of aromatic nitrogens is 2. The lowest BCUT2D eigenvalue weighted by Crippen LogP contribution is -2.39. The third-order valence-corrected chi connectivity index (χ3v) is 3.66. The minimum Gasteiger partial charge on any atom is -0.467 e. The molecule has 3 N–H and O–H groups in total. The highest BCUT2D eigenvalue weighted by atomic mass is 16.3. The number of H-pyrrole nitrogens is 1. The van der Waals surface area contributed by atoms with Gasteiger partial charge in [-0.2, -0.15) is 0 Å². The predicted octanol–water partition coefficient (Wildman–Crippen LogP) is 1.39. The minimum absolute atomic E-state index is 0.0896. The fraction of sp³-hybridized carbons (Fsp3) is 0.111. The number of anilines is 2. The van der Waals surface area contributed by atoms with E-state index in [1.165, 1.54) is 13.2 Å². The largest absolute Gasteiger partial charge is 0.467 e. The molecular weight excluding hydrogens is 352 g/mol. The quantitative estimate of drug-likeness (QED) is 0.627. The molecule has 1 aromatic carbocycles. The highest BCUT2D eigenvalue weighted by molar-refractivity contribution is 6.04. The topological polar surface area (TPSA) is 126 Å². The van der Waals surface area contributed by atoms with Crippen molar-refractivity contribution >= 4 is 23.2 Å². The van der Waals surface area contributed by atoms with Gasteiger partial charge in [0, 0.05) is 24.5 Å². The summed E-state index contributed by atoms with van der Waals surface area (Å²) in [6, 6.07) is 9.63. The number of nitrogens with one attached hydrogen (secondary N) is 3. The van der Waals surface area contributed by atoms with E-state index in [2.05, 4.69) is 15.6 Å². The average Bonchev–Trinajstić information content (AvgIpc) is 3.13. The highest BCUT2D eigenvalue weighted by Crippen LogP contribution is 2.14. The van der Waals surface area contributed by atoms with Crippen LogP contribution in [-0.2, 0) is 11.3 Å². The van der Waals surface area contributed by atoms with E-state index in [1.807, 2.05) is 0 Å². The van der Waals surface area contributed by atoms with Gasteiger partial charge in [-0.05, 0) is 36.4 Å². The van der Waals surface area contributed by atoms with Crippen LogP contribution in [0.5, 0.6) is 0 Å². The molecule has 0 bridgehead atoms. The van der Waals surface area contributed by atoms with Crippen LogP contribution in [0, 0.1) is 0 Å². The maximum Gasteiger partial charge on any atom is 0.328 e.